The molecule has 6 heteroatoms. The van der Waals surface area contributed by atoms with E-state index in [0.29, 0.717) is 0 Å². The Kier molecular flexibility index (Phi) is 4.71. The van der Waals surface area contributed by atoms with Gasteiger partial charge in [0.2, 0.25) is 10.0 Å². The van der Waals surface area contributed by atoms with Crippen LogP contribution in [0.5, 0.6) is 5.75 Å². The van der Waals surface area contributed by atoms with Crippen molar-refractivity contribution in [2.75, 3.05) is 0 Å². The maximum atomic E-state index is 13.1. The van der Waals surface area contributed by atoms with E-state index in [1.807, 2.05) is 43.3 Å². The first-order valence-electron chi connectivity index (χ1n) is 9.15. The van der Waals surface area contributed by atoms with Crippen molar-refractivity contribution in [2.24, 2.45) is 0 Å². The smallest absolute Gasteiger partial charge is 0.218 e. The maximum Gasteiger partial charge on any atom is 0.218 e. The quantitative estimate of drug-likeness (QED) is 0.808. The van der Waals surface area contributed by atoms with Crippen LogP contribution in [0.1, 0.15) is 36.8 Å². The summed E-state index contributed by atoms with van der Waals surface area (Å²) in [4.78, 5) is 4.00. The predicted molar refractivity (Wildman–Crippen MR) is 100 cm³/mol. The lowest BCUT2D eigenvalue weighted by Crippen LogP contribution is -2.49. The average molecular weight is 372 g/mol. The molecule has 1 aromatic heterocycles. The first-order chi connectivity index (χ1) is 12.5. The second kappa shape index (κ2) is 7.00. The van der Waals surface area contributed by atoms with E-state index >= 15 is 0 Å². The van der Waals surface area contributed by atoms with Crippen LogP contribution < -0.4 is 4.74 Å². The van der Waals surface area contributed by atoms with Gasteiger partial charge in [0.25, 0.3) is 0 Å². The molecule has 26 heavy (non-hydrogen) atoms. The van der Waals surface area contributed by atoms with E-state index in [1.54, 1.807) is 16.7 Å². The summed E-state index contributed by atoms with van der Waals surface area (Å²) >= 11 is 0. The molecule has 0 spiro atoms. The van der Waals surface area contributed by atoms with E-state index in [2.05, 4.69) is 4.98 Å². The minimum atomic E-state index is -3.32. The van der Waals surface area contributed by atoms with E-state index in [1.165, 1.54) is 0 Å². The van der Waals surface area contributed by atoms with Crippen molar-refractivity contribution in [2.45, 2.75) is 56.5 Å². The molecule has 3 heterocycles. The summed E-state index contributed by atoms with van der Waals surface area (Å²) in [7, 11) is -3.32. The fourth-order valence-corrected chi connectivity index (χ4v) is 6.37. The second-order valence-corrected chi connectivity index (χ2v) is 9.23. The van der Waals surface area contributed by atoms with Gasteiger partial charge in [-0.15, -0.1) is 0 Å². The number of ether oxygens (including phenoxy) is 1. The molecule has 0 N–H and O–H groups in total. The molecule has 138 valence electrons. The molecule has 1 aromatic carbocycles. The van der Waals surface area contributed by atoms with Gasteiger partial charge in [0.1, 0.15) is 11.9 Å². The van der Waals surface area contributed by atoms with E-state index in [9.17, 15) is 8.42 Å². The number of sulfonamides is 1. The Bertz CT molecular complexity index is 856. The zero-order valence-corrected chi connectivity index (χ0v) is 15.7. The van der Waals surface area contributed by atoms with Crippen molar-refractivity contribution in [3.63, 3.8) is 0 Å². The Balaban J connectivity index is 1.47. The molecular weight excluding hydrogens is 348 g/mol. The predicted octanol–water partition coefficient (Wildman–Crippen LogP) is 3.29. The van der Waals surface area contributed by atoms with Crippen LogP contribution in [0.25, 0.3) is 0 Å². The van der Waals surface area contributed by atoms with Gasteiger partial charge in [0.15, 0.2) is 0 Å². The minimum Gasteiger partial charge on any atom is -0.490 e. The summed E-state index contributed by atoms with van der Waals surface area (Å²) in [5.74, 6) is 0.887. The van der Waals surface area contributed by atoms with Gasteiger partial charge < -0.3 is 4.74 Å². The van der Waals surface area contributed by atoms with Crippen LogP contribution in [-0.2, 0) is 15.8 Å². The van der Waals surface area contributed by atoms with Crippen LogP contribution in [0.4, 0.5) is 0 Å². The lowest BCUT2D eigenvalue weighted by Gasteiger charge is -2.37. The Labute approximate surface area is 155 Å². The summed E-state index contributed by atoms with van der Waals surface area (Å²) in [6.45, 7) is 1.99. The highest BCUT2D eigenvalue weighted by Gasteiger charge is 2.47. The van der Waals surface area contributed by atoms with E-state index < -0.39 is 10.0 Å². The molecule has 2 aliphatic heterocycles. The fraction of sp³-hybridized carbons (Fsp3) is 0.450. The van der Waals surface area contributed by atoms with Crippen LogP contribution in [0.15, 0.2) is 48.8 Å². The third-order valence-corrected chi connectivity index (χ3v) is 7.26. The Hall–Kier alpha value is -1.92. The summed E-state index contributed by atoms with van der Waals surface area (Å²) in [5, 5.41) is 0. The van der Waals surface area contributed by atoms with Crippen molar-refractivity contribution in [3.05, 3.63) is 59.9 Å². The van der Waals surface area contributed by atoms with Crippen LogP contribution in [0.3, 0.4) is 0 Å². The number of benzene rings is 1. The SMILES string of the molecule is Cc1cccc(CS(=O)(=O)N2C3CCC2CC(Oc2ccncc2)C3)c1. The summed E-state index contributed by atoms with van der Waals surface area (Å²) in [6, 6.07) is 11.6. The topological polar surface area (TPSA) is 59.5 Å². The molecule has 2 unspecified atom stereocenters. The molecule has 2 fully saturated rings. The highest BCUT2D eigenvalue weighted by molar-refractivity contribution is 7.88. The average Bonchev–Trinajstić information content (AvgIpc) is 2.88. The molecule has 0 radical (unpaired) electrons. The first-order valence-corrected chi connectivity index (χ1v) is 10.8. The zero-order valence-electron chi connectivity index (χ0n) is 14.9. The van der Waals surface area contributed by atoms with Gasteiger partial charge in [0.05, 0.1) is 5.75 Å². The normalized spacial score (nSPS) is 26.0. The number of pyridine rings is 1. The lowest BCUT2D eigenvalue weighted by atomic mass is 10.0. The highest BCUT2D eigenvalue weighted by Crippen LogP contribution is 2.39. The molecule has 4 rings (SSSR count). The van der Waals surface area contributed by atoms with Crippen molar-refractivity contribution >= 4 is 10.0 Å². The summed E-state index contributed by atoms with van der Waals surface area (Å²) < 4.78 is 34.0. The number of fused-ring (bicyclic) bond motifs is 2. The molecule has 2 aromatic rings. The number of aryl methyl sites for hydroxylation is 1. The molecule has 0 amide bonds. The molecule has 0 aliphatic carbocycles. The third-order valence-electron chi connectivity index (χ3n) is 5.33. The second-order valence-electron chi connectivity index (χ2n) is 7.35. The molecule has 2 aliphatic rings. The van der Waals surface area contributed by atoms with Gasteiger partial charge in [-0.25, -0.2) is 8.42 Å². The number of nitrogens with zero attached hydrogens (tertiary/aromatic N) is 2. The van der Waals surface area contributed by atoms with Gasteiger partial charge in [-0.05, 0) is 37.5 Å². The van der Waals surface area contributed by atoms with Gasteiger partial charge >= 0.3 is 0 Å². The molecule has 2 saturated heterocycles. The Morgan fingerprint density at radius 2 is 1.81 bits per heavy atom. The monoisotopic (exact) mass is 372 g/mol. The number of aromatic nitrogens is 1. The highest BCUT2D eigenvalue weighted by atomic mass is 32.2. The molecule has 0 saturated carbocycles. The molecule has 2 atom stereocenters. The third kappa shape index (κ3) is 3.62. The van der Waals surface area contributed by atoms with E-state index in [-0.39, 0.29) is 23.9 Å². The molecule has 2 bridgehead atoms. The van der Waals surface area contributed by atoms with Crippen molar-refractivity contribution in [1.29, 1.82) is 0 Å². The summed E-state index contributed by atoms with van der Waals surface area (Å²) in [5.41, 5.74) is 1.95. The van der Waals surface area contributed by atoms with E-state index in [4.69, 9.17) is 4.74 Å². The lowest BCUT2D eigenvalue weighted by molar-refractivity contribution is 0.0955. The molecule has 5 nitrogen and oxygen atoms in total. The van der Waals surface area contributed by atoms with E-state index in [0.717, 1.165) is 42.6 Å². The Morgan fingerprint density at radius 3 is 2.46 bits per heavy atom. The van der Waals surface area contributed by atoms with Gasteiger partial charge in [0, 0.05) is 37.3 Å². The van der Waals surface area contributed by atoms with Crippen molar-refractivity contribution < 1.29 is 13.2 Å². The number of rotatable bonds is 5. The Morgan fingerprint density at radius 1 is 1.12 bits per heavy atom. The van der Waals surface area contributed by atoms with Gasteiger partial charge in [-0.2, -0.15) is 4.31 Å². The van der Waals surface area contributed by atoms with Crippen LogP contribution in [0.2, 0.25) is 0 Å². The first kappa shape index (κ1) is 17.5. The standard InChI is InChI=1S/C20H24N2O3S/c1-15-3-2-4-16(11-15)14-26(23,24)22-17-5-6-18(22)13-20(12-17)25-19-7-9-21-10-8-19/h2-4,7-11,17-18,20H,5-6,12-14H2,1H3. The van der Waals surface area contributed by atoms with Gasteiger partial charge in [-0.1, -0.05) is 29.8 Å². The van der Waals surface area contributed by atoms with Crippen LogP contribution >= 0.6 is 0 Å². The largest absolute Gasteiger partial charge is 0.490 e. The van der Waals surface area contributed by atoms with Crippen molar-refractivity contribution in [3.8, 4) is 5.75 Å². The van der Waals surface area contributed by atoms with Crippen LogP contribution in [-0.4, -0.2) is 35.9 Å². The zero-order chi connectivity index (χ0) is 18.1. The minimum absolute atomic E-state index is 0.0513. The number of hydrogen-bond donors (Lipinski definition) is 0. The fourth-order valence-electron chi connectivity index (χ4n) is 4.33. The van der Waals surface area contributed by atoms with Gasteiger partial charge in [-0.3, -0.25) is 4.98 Å². The van der Waals surface area contributed by atoms with Crippen molar-refractivity contribution in [1.82, 2.24) is 9.29 Å². The maximum absolute atomic E-state index is 13.1. The number of hydrogen-bond acceptors (Lipinski definition) is 4. The summed E-state index contributed by atoms with van der Waals surface area (Å²) in [6.07, 6.45) is 6.86. The molecular formula is C20H24N2O3S. The van der Waals surface area contributed by atoms with Crippen LogP contribution in [0, 0.1) is 6.92 Å². The number of piperidine rings is 1.